The summed E-state index contributed by atoms with van der Waals surface area (Å²) in [6.45, 7) is 4.54. The van der Waals surface area contributed by atoms with Crippen LogP contribution in [0, 0.1) is 0 Å². The average molecular weight is 298 g/mol. The Morgan fingerprint density at radius 2 is 2.05 bits per heavy atom. The summed E-state index contributed by atoms with van der Waals surface area (Å²) in [4.78, 5) is 2.61. The number of hydrogen-bond acceptors (Lipinski definition) is 3. The number of rotatable bonds is 7. The lowest BCUT2D eigenvalue weighted by Gasteiger charge is -2.33. The van der Waals surface area contributed by atoms with E-state index in [0.29, 0.717) is 6.04 Å². The van der Waals surface area contributed by atoms with E-state index in [9.17, 15) is 0 Å². The molecule has 0 aliphatic carbocycles. The Balaban J connectivity index is 1.37. The van der Waals surface area contributed by atoms with Crippen LogP contribution in [0.15, 0.2) is 53.3 Å². The zero-order valence-electron chi connectivity index (χ0n) is 13.2. The molecule has 3 heteroatoms. The summed E-state index contributed by atoms with van der Waals surface area (Å²) >= 11 is 0. The van der Waals surface area contributed by atoms with Crippen LogP contribution in [0.1, 0.15) is 30.4 Å². The molecule has 1 aromatic carbocycles. The Kier molecular flexibility index (Phi) is 5.68. The first-order chi connectivity index (χ1) is 10.9. The molecule has 1 atom stereocenters. The molecule has 0 amide bonds. The molecule has 118 valence electrons. The number of nitrogens with zero attached hydrogens (tertiary/aromatic N) is 1. The van der Waals surface area contributed by atoms with Crippen molar-refractivity contribution < 1.29 is 4.42 Å². The topological polar surface area (TPSA) is 28.4 Å². The fourth-order valence-corrected chi connectivity index (χ4v) is 3.23. The second-order valence-corrected chi connectivity index (χ2v) is 6.24. The van der Waals surface area contributed by atoms with Crippen molar-refractivity contribution in [3.63, 3.8) is 0 Å². The van der Waals surface area contributed by atoms with Crippen LogP contribution in [0.5, 0.6) is 0 Å². The van der Waals surface area contributed by atoms with Gasteiger partial charge in [-0.25, -0.2) is 0 Å². The van der Waals surface area contributed by atoms with E-state index < -0.39 is 0 Å². The maximum Gasteiger partial charge on any atom is 0.0947 e. The molecule has 3 nitrogen and oxygen atoms in total. The van der Waals surface area contributed by atoms with Gasteiger partial charge in [-0.3, -0.25) is 0 Å². The van der Waals surface area contributed by atoms with Gasteiger partial charge in [0.15, 0.2) is 0 Å². The van der Waals surface area contributed by atoms with Crippen LogP contribution in [0.4, 0.5) is 0 Å². The maximum absolute atomic E-state index is 5.12. The Bertz CT molecular complexity index is 524. The zero-order chi connectivity index (χ0) is 15.0. The molecule has 0 radical (unpaired) electrons. The van der Waals surface area contributed by atoms with Gasteiger partial charge in [0.1, 0.15) is 0 Å². The summed E-state index contributed by atoms with van der Waals surface area (Å²) in [7, 11) is 0. The Morgan fingerprint density at radius 1 is 1.14 bits per heavy atom. The van der Waals surface area contributed by atoms with Crippen molar-refractivity contribution in [1.29, 1.82) is 0 Å². The Labute approximate surface area is 133 Å². The van der Waals surface area contributed by atoms with Gasteiger partial charge < -0.3 is 14.6 Å². The Morgan fingerprint density at radius 3 is 2.86 bits per heavy atom. The lowest BCUT2D eigenvalue weighted by molar-refractivity contribution is 0.188. The minimum Gasteiger partial charge on any atom is -0.472 e. The predicted octanol–water partition coefficient (Wildman–Crippen LogP) is 3.47. The summed E-state index contributed by atoms with van der Waals surface area (Å²) in [6.07, 6.45) is 8.59. The van der Waals surface area contributed by atoms with Gasteiger partial charge in [-0.1, -0.05) is 30.3 Å². The highest BCUT2D eigenvalue weighted by Gasteiger charge is 2.18. The van der Waals surface area contributed by atoms with Crippen LogP contribution in [-0.2, 0) is 13.0 Å². The second kappa shape index (κ2) is 8.16. The smallest absolute Gasteiger partial charge is 0.0947 e. The molecule has 1 unspecified atom stereocenters. The molecule has 2 aromatic rings. The molecule has 1 aliphatic rings. The minimum atomic E-state index is 0.611. The first kappa shape index (κ1) is 15.3. The third-order valence-corrected chi connectivity index (χ3v) is 4.46. The highest BCUT2D eigenvalue weighted by Crippen LogP contribution is 2.12. The SMILES string of the molecule is c1ccc(CCCN2CCCC(NCc3ccoc3)C2)cc1. The molecule has 2 heterocycles. The molecule has 1 saturated heterocycles. The minimum absolute atomic E-state index is 0.611. The van der Waals surface area contributed by atoms with Gasteiger partial charge in [0.25, 0.3) is 0 Å². The summed E-state index contributed by atoms with van der Waals surface area (Å²) in [5.74, 6) is 0. The van der Waals surface area contributed by atoms with E-state index in [1.165, 1.54) is 56.4 Å². The summed E-state index contributed by atoms with van der Waals surface area (Å²) in [5.41, 5.74) is 2.69. The van der Waals surface area contributed by atoms with Crippen molar-refractivity contribution in [2.75, 3.05) is 19.6 Å². The van der Waals surface area contributed by atoms with Crippen LogP contribution in [0.25, 0.3) is 0 Å². The van der Waals surface area contributed by atoms with Gasteiger partial charge >= 0.3 is 0 Å². The fourth-order valence-electron chi connectivity index (χ4n) is 3.23. The Hall–Kier alpha value is -1.58. The number of aryl methyl sites for hydroxylation is 1. The van der Waals surface area contributed by atoms with Crippen molar-refractivity contribution in [2.45, 2.75) is 38.3 Å². The molecular weight excluding hydrogens is 272 g/mol. The van der Waals surface area contributed by atoms with Crippen LogP contribution in [-0.4, -0.2) is 30.6 Å². The van der Waals surface area contributed by atoms with Gasteiger partial charge in [0.05, 0.1) is 12.5 Å². The van der Waals surface area contributed by atoms with Crippen molar-refractivity contribution in [1.82, 2.24) is 10.2 Å². The molecular formula is C19H26N2O. The molecule has 1 aromatic heterocycles. The highest BCUT2D eigenvalue weighted by molar-refractivity contribution is 5.14. The fraction of sp³-hybridized carbons (Fsp3) is 0.474. The first-order valence-corrected chi connectivity index (χ1v) is 8.41. The molecule has 1 aliphatic heterocycles. The van der Waals surface area contributed by atoms with Gasteiger partial charge in [0, 0.05) is 24.7 Å². The van der Waals surface area contributed by atoms with E-state index in [2.05, 4.69) is 40.5 Å². The van der Waals surface area contributed by atoms with Crippen molar-refractivity contribution >= 4 is 0 Å². The summed E-state index contributed by atoms with van der Waals surface area (Å²) in [5, 5.41) is 3.66. The molecule has 0 spiro atoms. The van der Waals surface area contributed by atoms with Gasteiger partial charge in [-0.15, -0.1) is 0 Å². The number of piperidine rings is 1. The number of nitrogens with one attached hydrogen (secondary N) is 1. The monoisotopic (exact) mass is 298 g/mol. The van der Waals surface area contributed by atoms with Crippen molar-refractivity contribution in [3.8, 4) is 0 Å². The molecule has 3 rings (SSSR count). The lowest BCUT2D eigenvalue weighted by atomic mass is 10.0. The zero-order valence-corrected chi connectivity index (χ0v) is 13.2. The third-order valence-electron chi connectivity index (χ3n) is 4.46. The van der Waals surface area contributed by atoms with E-state index in [1.54, 1.807) is 6.26 Å². The van der Waals surface area contributed by atoms with E-state index in [0.717, 1.165) is 6.54 Å². The van der Waals surface area contributed by atoms with E-state index in [1.807, 2.05) is 12.3 Å². The van der Waals surface area contributed by atoms with Gasteiger partial charge in [-0.2, -0.15) is 0 Å². The first-order valence-electron chi connectivity index (χ1n) is 8.41. The molecule has 1 fully saturated rings. The van der Waals surface area contributed by atoms with E-state index >= 15 is 0 Å². The number of benzene rings is 1. The van der Waals surface area contributed by atoms with E-state index in [4.69, 9.17) is 4.42 Å². The molecule has 22 heavy (non-hydrogen) atoms. The van der Waals surface area contributed by atoms with Crippen molar-refractivity contribution in [2.24, 2.45) is 0 Å². The standard InChI is InChI=1S/C19H26N2O/c1-2-6-17(7-3-1)8-4-11-21-12-5-9-19(15-21)20-14-18-10-13-22-16-18/h1-3,6-7,10,13,16,19-20H,4-5,8-9,11-12,14-15H2. The van der Waals surface area contributed by atoms with Crippen LogP contribution >= 0.6 is 0 Å². The van der Waals surface area contributed by atoms with Gasteiger partial charge in [-0.05, 0) is 50.4 Å². The number of likely N-dealkylation sites (tertiary alicyclic amines) is 1. The molecule has 0 saturated carbocycles. The van der Waals surface area contributed by atoms with Gasteiger partial charge in [0.2, 0.25) is 0 Å². The van der Waals surface area contributed by atoms with E-state index in [-0.39, 0.29) is 0 Å². The summed E-state index contributed by atoms with van der Waals surface area (Å²) < 4.78 is 5.12. The van der Waals surface area contributed by atoms with Crippen LogP contribution in [0.3, 0.4) is 0 Å². The molecule has 0 bridgehead atoms. The maximum atomic E-state index is 5.12. The normalized spacial score (nSPS) is 19.4. The average Bonchev–Trinajstić information content (AvgIpc) is 3.08. The lowest BCUT2D eigenvalue weighted by Crippen LogP contribution is -2.45. The number of hydrogen-bond donors (Lipinski definition) is 1. The predicted molar refractivity (Wildman–Crippen MR) is 89.8 cm³/mol. The molecule has 1 N–H and O–H groups in total. The van der Waals surface area contributed by atoms with Crippen molar-refractivity contribution in [3.05, 3.63) is 60.1 Å². The highest BCUT2D eigenvalue weighted by atomic mass is 16.3. The van der Waals surface area contributed by atoms with Crippen LogP contribution in [0.2, 0.25) is 0 Å². The summed E-state index contributed by atoms with van der Waals surface area (Å²) in [6, 6.07) is 13.5. The largest absolute Gasteiger partial charge is 0.472 e. The van der Waals surface area contributed by atoms with Crippen LogP contribution < -0.4 is 5.32 Å². The quantitative estimate of drug-likeness (QED) is 0.848. The third kappa shape index (κ3) is 4.72. The number of furan rings is 1. The second-order valence-electron chi connectivity index (χ2n) is 6.24.